The Morgan fingerprint density at radius 1 is 0.682 bits per heavy atom. The molecule has 22 heavy (non-hydrogen) atoms. The van der Waals surface area contributed by atoms with Crippen LogP contribution in [0.2, 0.25) is 0 Å². The first-order chi connectivity index (χ1) is 10.5. The zero-order valence-electron chi connectivity index (χ0n) is 13.3. The van der Waals surface area contributed by atoms with E-state index in [-0.39, 0.29) is 0 Å². The summed E-state index contributed by atoms with van der Waals surface area (Å²) in [4.78, 5) is 5.96. The molecule has 1 nitrogen and oxygen atoms in total. The molecule has 1 heterocycles. The SMILES string of the molecule is CS(C)(C)c1ccnc(-c2cccc(-c3ccccc3)c2)c1. The second-order valence-electron chi connectivity index (χ2n) is 6.16. The van der Waals surface area contributed by atoms with Gasteiger partial charge in [0.2, 0.25) is 0 Å². The molecule has 3 aromatic rings. The molecule has 0 spiro atoms. The summed E-state index contributed by atoms with van der Waals surface area (Å²) in [6.45, 7) is 0. The summed E-state index contributed by atoms with van der Waals surface area (Å²) in [6.07, 6.45) is 8.86. The van der Waals surface area contributed by atoms with Crippen molar-refractivity contribution in [3.05, 3.63) is 72.9 Å². The average molecular weight is 307 g/mol. The van der Waals surface area contributed by atoms with Crippen LogP contribution in [0.1, 0.15) is 0 Å². The van der Waals surface area contributed by atoms with Crippen molar-refractivity contribution in [2.24, 2.45) is 0 Å². The molecule has 0 bridgehead atoms. The summed E-state index contributed by atoms with van der Waals surface area (Å²) < 4.78 is 0. The predicted molar refractivity (Wildman–Crippen MR) is 98.7 cm³/mol. The van der Waals surface area contributed by atoms with Crippen LogP contribution in [0.4, 0.5) is 0 Å². The number of hydrogen-bond donors (Lipinski definition) is 0. The molecule has 0 fully saturated rings. The summed E-state index contributed by atoms with van der Waals surface area (Å²) in [5.41, 5.74) is 4.69. The van der Waals surface area contributed by atoms with Crippen LogP contribution >= 0.6 is 10.0 Å². The summed E-state index contributed by atoms with van der Waals surface area (Å²) in [6, 6.07) is 23.5. The first-order valence-electron chi connectivity index (χ1n) is 7.34. The topological polar surface area (TPSA) is 12.9 Å². The number of hydrogen-bond acceptors (Lipinski definition) is 1. The lowest BCUT2D eigenvalue weighted by Gasteiger charge is -2.25. The lowest BCUT2D eigenvalue weighted by Crippen LogP contribution is -1.94. The van der Waals surface area contributed by atoms with E-state index in [1.807, 2.05) is 12.3 Å². The van der Waals surface area contributed by atoms with Gasteiger partial charge in [-0.2, -0.15) is 0 Å². The Hall–Kier alpha value is -2.06. The number of pyridine rings is 1. The Morgan fingerprint density at radius 3 is 2.09 bits per heavy atom. The highest BCUT2D eigenvalue weighted by molar-refractivity contribution is 8.32. The highest BCUT2D eigenvalue weighted by atomic mass is 32.3. The van der Waals surface area contributed by atoms with Crippen molar-refractivity contribution in [2.75, 3.05) is 18.8 Å². The largest absolute Gasteiger partial charge is 0.256 e. The molecule has 0 saturated heterocycles. The van der Waals surface area contributed by atoms with Crippen molar-refractivity contribution in [3.63, 3.8) is 0 Å². The fraction of sp³-hybridized carbons (Fsp3) is 0.150. The number of nitrogens with zero attached hydrogens (tertiary/aromatic N) is 1. The third-order valence-corrected chi connectivity index (χ3v) is 5.37. The Labute approximate surface area is 134 Å². The summed E-state index contributed by atoms with van der Waals surface area (Å²) in [5.74, 6) is 0. The van der Waals surface area contributed by atoms with Gasteiger partial charge in [0.1, 0.15) is 0 Å². The van der Waals surface area contributed by atoms with E-state index < -0.39 is 10.0 Å². The fourth-order valence-corrected chi connectivity index (χ4v) is 3.37. The zero-order chi connectivity index (χ0) is 15.6. The van der Waals surface area contributed by atoms with Crippen molar-refractivity contribution >= 4 is 10.0 Å². The van der Waals surface area contributed by atoms with E-state index in [0.29, 0.717) is 0 Å². The van der Waals surface area contributed by atoms with Gasteiger partial charge in [-0.3, -0.25) is 4.98 Å². The lowest BCUT2D eigenvalue weighted by atomic mass is 10.0. The van der Waals surface area contributed by atoms with Gasteiger partial charge in [-0.15, -0.1) is 0 Å². The maximum Gasteiger partial charge on any atom is 0.0712 e. The van der Waals surface area contributed by atoms with Crippen molar-refractivity contribution in [3.8, 4) is 22.4 Å². The monoisotopic (exact) mass is 307 g/mol. The maximum atomic E-state index is 4.57. The molecule has 0 unspecified atom stereocenters. The molecule has 0 aliphatic heterocycles. The zero-order valence-corrected chi connectivity index (χ0v) is 14.1. The Balaban J connectivity index is 2.03. The molecule has 0 atom stereocenters. The van der Waals surface area contributed by atoms with Gasteiger partial charge in [-0.25, -0.2) is 10.0 Å². The van der Waals surface area contributed by atoms with Gasteiger partial charge in [0.25, 0.3) is 0 Å². The van der Waals surface area contributed by atoms with Crippen LogP contribution in [0.15, 0.2) is 77.8 Å². The maximum absolute atomic E-state index is 4.57. The normalized spacial score (nSPS) is 12.1. The summed E-state index contributed by atoms with van der Waals surface area (Å²) >= 11 is 0. The second-order valence-corrected chi connectivity index (χ2v) is 10.3. The Bertz CT molecular complexity index is 773. The van der Waals surface area contributed by atoms with Gasteiger partial charge in [-0.1, -0.05) is 48.5 Å². The minimum Gasteiger partial charge on any atom is -0.256 e. The van der Waals surface area contributed by atoms with Crippen molar-refractivity contribution in [2.45, 2.75) is 4.90 Å². The van der Waals surface area contributed by atoms with Gasteiger partial charge in [0.15, 0.2) is 0 Å². The molecule has 2 aromatic carbocycles. The van der Waals surface area contributed by atoms with Crippen LogP contribution in [-0.2, 0) is 0 Å². The van der Waals surface area contributed by atoms with E-state index in [2.05, 4.69) is 84.4 Å². The van der Waals surface area contributed by atoms with Crippen LogP contribution in [0.3, 0.4) is 0 Å². The number of aromatic nitrogens is 1. The van der Waals surface area contributed by atoms with Crippen molar-refractivity contribution in [1.82, 2.24) is 4.98 Å². The molecule has 0 radical (unpaired) electrons. The number of benzene rings is 2. The van der Waals surface area contributed by atoms with Crippen LogP contribution in [0.25, 0.3) is 22.4 Å². The minimum absolute atomic E-state index is 0.736. The van der Waals surface area contributed by atoms with Gasteiger partial charge >= 0.3 is 0 Å². The molecule has 3 rings (SSSR count). The van der Waals surface area contributed by atoms with E-state index >= 15 is 0 Å². The Morgan fingerprint density at radius 2 is 1.36 bits per heavy atom. The van der Waals surface area contributed by atoms with Crippen molar-refractivity contribution in [1.29, 1.82) is 0 Å². The molecule has 1 aromatic heterocycles. The molecule has 0 aliphatic carbocycles. The lowest BCUT2D eigenvalue weighted by molar-refractivity contribution is 1.26. The standard InChI is InChI=1S/C20H21NS/c1-22(2,3)19-12-13-21-20(15-19)18-11-7-10-17(14-18)16-8-5-4-6-9-16/h4-15H,1-3H3. The predicted octanol–water partition coefficient (Wildman–Crippen LogP) is 5.47. The third kappa shape index (κ3) is 3.23. The summed E-state index contributed by atoms with van der Waals surface area (Å²) in [5, 5.41) is 0. The van der Waals surface area contributed by atoms with Crippen LogP contribution in [-0.4, -0.2) is 23.8 Å². The van der Waals surface area contributed by atoms with Gasteiger partial charge in [-0.05, 0) is 53.0 Å². The van der Waals surface area contributed by atoms with Crippen LogP contribution in [0, 0.1) is 0 Å². The van der Waals surface area contributed by atoms with E-state index in [1.54, 1.807) is 0 Å². The molecule has 112 valence electrons. The van der Waals surface area contributed by atoms with Crippen LogP contribution in [0.5, 0.6) is 0 Å². The quantitative estimate of drug-likeness (QED) is 0.625. The van der Waals surface area contributed by atoms with Crippen molar-refractivity contribution < 1.29 is 0 Å². The van der Waals surface area contributed by atoms with E-state index in [1.165, 1.54) is 21.6 Å². The van der Waals surface area contributed by atoms with E-state index in [9.17, 15) is 0 Å². The average Bonchev–Trinajstić information content (AvgIpc) is 2.55. The molecule has 0 aliphatic rings. The third-order valence-electron chi connectivity index (χ3n) is 3.70. The molecular weight excluding hydrogens is 286 g/mol. The summed E-state index contributed by atoms with van der Waals surface area (Å²) in [7, 11) is -0.736. The molecule has 2 heteroatoms. The molecule has 0 saturated carbocycles. The Kier molecular flexibility index (Phi) is 4.04. The first-order valence-corrected chi connectivity index (χ1v) is 10.2. The molecular formula is C20H21NS. The molecule has 0 N–H and O–H groups in total. The highest BCUT2D eigenvalue weighted by Gasteiger charge is 2.10. The second kappa shape index (κ2) is 5.98. The minimum atomic E-state index is -0.736. The van der Waals surface area contributed by atoms with E-state index in [0.717, 1.165) is 5.69 Å². The van der Waals surface area contributed by atoms with Gasteiger partial charge in [0.05, 0.1) is 5.69 Å². The smallest absolute Gasteiger partial charge is 0.0712 e. The molecule has 0 amide bonds. The first kappa shape index (κ1) is 14.9. The highest BCUT2D eigenvalue weighted by Crippen LogP contribution is 2.45. The van der Waals surface area contributed by atoms with Crippen LogP contribution < -0.4 is 0 Å². The number of rotatable bonds is 3. The fourth-order valence-electron chi connectivity index (χ4n) is 2.44. The van der Waals surface area contributed by atoms with Gasteiger partial charge < -0.3 is 0 Å². The van der Waals surface area contributed by atoms with Gasteiger partial charge in [0, 0.05) is 11.8 Å². The van der Waals surface area contributed by atoms with E-state index in [4.69, 9.17) is 0 Å².